The summed E-state index contributed by atoms with van der Waals surface area (Å²) in [5.74, 6) is -2.69. The van der Waals surface area contributed by atoms with E-state index in [2.05, 4.69) is 11.9 Å². The Bertz CT molecular complexity index is 1030. The molecule has 0 fully saturated rings. The third kappa shape index (κ3) is 13.4. The third-order valence-electron chi connectivity index (χ3n) is 8.11. The molecule has 0 unspecified atom stereocenters. The smallest absolute Gasteiger partial charge is 0.333 e. The molecule has 0 aromatic carbocycles. The maximum Gasteiger partial charge on any atom is 0.333 e. The van der Waals surface area contributed by atoms with Crippen LogP contribution < -0.4 is 5.32 Å². The molecule has 8 nitrogen and oxygen atoms in total. The number of Topliss-reactive ketones (excluding diaryl/α,β-unsaturated/α-hetero) is 2. The Balaban J connectivity index is 3.15. The van der Waals surface area contributed by atoms with Crippen LogP contribution in [-0.4, -0.2) is 58.0 Å². The number of hydrogen-bond acceptors (Lipinski definition) is 7. The number of aliphatic hydroxyl groups is 2. The lowest BCUT2D eigenvalue weighted by Crippen LogP contribution is -2.36. The second-order valence-electron chi connectivity index (χ2n) is 12.1. The van der Waals surface area contributed by atoms with Crippen LogP contribution in [0.2, 0.25) is 0 Å². The summed E-state index contributed by atoms with van der Waals surface area (Å²) in [6.07, 6.45) is 9.10. The number of nitrogens with one attached hydrogen (secondary N) is 1. The lowest BCUT2D eigenvalue weighted by molar-refractivity contribution is -0.142. The molecule has 8 atom stereocenters. The van der Waals surface area contributed by atoms with E-state index in [1.807, 2.05) is 26.0 Å². The fraction of sp³-hybridized carbons (Fsp3) is 0.647. The molecular formula is C34H53NO7. The molecular weight excluding hydrogens is 534 g/mol. The Morgan fingerprint density at radius 1 is 1.10 bits per heavy atom. The Labute approximate surface area is 252 Å². The molecule has 0 bridgehead atoms. The van der Waals surface area contributed by atoms with Crippen molar-refractivity contribution in [3.8, 4) is 0 Å². The van der Waals surface area contributed by atoms with Gasteiger partial charge in [0.25, 0.3) is 0 Å². The first kappa shape index (κ1) is 37.2. The minimum absolute atomic E-state index is 0.0995. The van der Waals surface area contributed by atoms with E-state index in [1.165, 1.54) is 0 Å². The minimum atomic E-state index is -0.984. The van der Waals surface area contributed by atoms with E-state index in [1.54, 1.807) is 52.8 Å². The molecule has 1 heterocycles. The average molecular weight is 588 g/mol. The zero-order chi connectivity index (χ0) is 32.0. The molecule has 1 aliphatic rings. The van der Waals surface area contributed by atoms with E-state index in [9.17, 15) is 29.4 Å². The number of carbonyl (C=O) groups excluding carboxylic acids is 4. The van der Waals surface area contributed by atoms with Crippen LogP contribution in [0.1, 0.15) is 93.4 Å². The molecule has 1 amide bonds. The number of hydrogen-bond donors (Lipinski definition) is 3. The number of amides is 1. The van der Waals surface area contributed by atoms with Gasteiger partial charge < -0.3 is 20.3 Å². The van der Waals surface area contributed by atoms with Crippen molar-refractivity contribution in [3.05, 3.63) is 48.1 Å². The maximum atomic E-state index is 13.0. The first-order valence-corrected chi connectivity index (χ1v) is 15.2. The van der Waals surface area contributed by atoms with Gasteiger partial charge in [-0.15, -0.1) is 0 Å². The molecule has 0 aliphatic carbocycles. The summed E-state index contributed by atoms with van der Waals surface area (Å²) in [4.78, 5) is 51.0. The average Bonchev–Trinajstić information content (AvgIpc) is 2.93. The number of rotatable bonds is 7. The lowest BCUT2D eigenvalue weighted by atomic mass is 9.87. The highest BCUT2D eigenvalue weighted by Crippen LogP contribution is 2.22. The van der Waals surface area contributed by atoms with E-state index in [4.69, 9.17) is 4.74 Å². The van der Waals surface area contributed by atoms with Crippen LogP contribution in [0.5, 0.6) is 0 Å². The minimum Gasteiger partial charge on any atom is -0.455 e. The van der Waals surface area contributed by atoms with Gasteiger partial charge in [-0.05, 0) is 70.4 Å². The largest absolute Gasteiger partial charge is 0.455 e. The summed E-state index contributed by atoms with van der Waals surface area (Å²) < 4.78 is 5.82. The normalized spacial score (nSPS) is 31.2. The molecule has 3 N–H and O–H groups in total. The molecule has 42 heavy (non-hydrogen) atoms. The zero-order valence-electron chi connectivity index (χ0n) is 26.6. The van der Waals surface area contributed by atoms with Gasteiger partial charge in [0, 0.05) is 35.8 Å². The molecule has 0 spiro atoms. The number of ketones is 2. The number of aliphatic hydroxyl groups excluding tert-OH is 2. The summed E-state index contributed by atoms with van der Waals surface area (Å²) in [5.41, 5.74) is 1.17. The summed E-state index contributed by atoms with van der Waals surface area (Å²) in [5, 5.41) is 23.9. The van der Waals surface area contributed by atoms with Gasteiger partial charge >= 0.3 is 5.97 Å². The van der Waals surface area contributed by atoms with Crippen LogP contribution in [0.4, 0.5) is 0 Å². The van der Waals surface area contributed by atoms with Crippen molar-refractivity contribution >= 4 is 23.4 Å². The Hall–Kier alpha value is -2.84. The van der Waals surface area contributed by atoms with Gasteiger partial charge in [0.05, 0.1) is 18.6 Å². The Morgan fingerprint density at radius 2 is 1.76 bits per heavy atom. The van der Waals surface area contributed by atoms with Crippen molar-refractivity contribution in [2.24, 2.45) is 23.7 Å². The van der Waals surface area contributed by atoms with Crippen molar-refractivity contribution in [2.45, 2.75) is 118 Å². The first-order chi connectivity index (χ1) is 19.7. The molecule has 0 saturated carbocycles. The molecule has 8 heteroatoms. The van der Waals surface area contributed by atoms with Crippen molar-refractivity contribution in [1.29, 1.82) is 0 Å². The standard InChI is InChI=1S/C34H53NO7/c1-9-10-22(3)29(36)17-12-21(2)11-15-28-16-13-23(4)31(38)20-32(39)35-26(7)14-18-30(37)27(8)33(40)24(5)19-25(6)34(41)42-28/h9-11,15,19,21,23-24,26-29,33,36,40H,1,12-14,16-18,20H2,2-8H3,(H,35,39)/b15-11+,22-10+,25-19-/t21-,23-,24-,26-,27-,28-,29+,33-/m0/s1. The van der Waals surface area contributed by atoms with Crippen LogP contribution >= 0.6 is 0 Å². The number of cyclic esters (lactones) is 1. The van der Waals surface area contributed by atoms with Crippen LogP contribution in [-0.2, 0) is 23.9 Å². The fourth-order valence-corrected chi connectivity index (χ4v) is 4.88. The second-order valence-corrected chi connectivity index (χ2v) is 12.1. The van der Waals surface area contributed by atoms with Crippen LogP contribution in [0.25, 0.3) is 0 Å². The molecule has 1 aliphatic heterocycles. The fourth-order valence-electron chi connectivity index (χ4n) is 4.88. The van der Waals surface area contributed by atoms with Gasteiger partial charge in [-0.1, -0.05) is 58.6 Å². The predicted octanol–water partition coefficient (Wildman–Crippen LogP) is 5.19. The quantitative estimate of drug-likeness (QED) is 0.162. The van der Waals surface area contributed by atoms with E-state index in [-0.39, 0.29) is 42.3 Å². The van der Waals surface area contributed by atoms with Crippen LogP contribution in [0.15, 0.2) is 48.1 Å². The summed E-state index contributed by atoms with van der Waals surface area (Å²) >= 11 is 0. The summed E-state index contributed by atoms with van der Waals surface area (Å²) in [6.45, 7) is 16.1. The maximum absolute atomic E-state index is 13.0. The van der Waals surface area contributed by atoms with Gasteiger partial charge in [0.15, 0.2) is 0 Å². The van der Waals surface area contributed by atoms with Crippen LogP contribution in [0.3, 0.4) is 0 Å². The predicted molar refractivity (Wildman–Crippen MR) is 165 cm³/mol. The molecule has 1 rings (SSSR count). The molecule has 0 saturated heterocycles. The molecule has 236 valence electrons. The summed E-state index contributed by atoms with van der Waals surface area (Å²) in [7, 11) is 0. The third-order valence-corrected chi connectivity index (χ3v) is 8.11. The van der Waals surface area contributed by atoms with E-state index >= 15 is 0 Å². The van der Waals surface area contributed by atoms with E-state index < -0.39 is 42.0 Å². The lowest BCUT2D eigenvalue weighted by Gasteiger charge is -2.23. The highest BCUT2D eigenvalue weighted by atomic mass is 16.5. The highest BCUT2D eigenvalue weighted by Gasteiger charge is 2.28. The Morgan fingerprint density at radius 3 is 2.40 bits per heavy atom. The monoisotopic (exact) mass is 587 g/mol. The van der Waals surface area contributed by atoms with Crippen molar-refractivity contribution in [2.75, 3.05) is 0 Å². The molecule has 0 aromatic heterocycles. The first-order valence-electron chi connectivity index (χ1n) is 15.2. The topological polar surface area (TPSA) is 130 Å². The van der Waals surface area contributed by atoms with Gasteiger partial charge in [-0.2, -0.15) is 0 Å². The number of esters is 1. The van der Waals surface area contributed by atoms with Gasteiger partial charge in [0.2, 0.25) is 5.91 Å². The van der Waals surface area contributed by atoms with Gasteiger partial charge in [-0.3, -0.25) is 14.4 Å². The van der Waals surface area contributed by atoms with E-state index in [0.717, 1.165) is 5.57 Å². The Kier molecular flexibility index (Phi) is 16.5. The van der Waals surface area contributed by atoms with E-state index in [0.29, 0.717) is 37.7 Å². The van der Waals surface area contributed by atoms with Gasteiger partial charge in [-0.25, -0.2) is 4.79 Å². The van der Waals surface area contributed by atoms with Crippen LogP contribution in [0, 0.1) is 23.7 Å². The van der Waals surface area contributed by atoms with Gasteiger partial charge in [0.1, 0.15) is 17.7 Å². The molecule has 0 aromatic rings. The molecule has 0 radical (unpaired) electrons. The zero-order valence-corrected chi connectivity index (χ0v) is 26.6. The van der Waals surface area contributed by atoms with Crippen molar-refractivity contribution < 1.29 is 34.1 Å². The number of ether oxygens (including phenoxy) is 1. The summed E-state index contributed by atoms with van der Waals surface area (Å²) in [6, 6.07) is -0.291. The van der Waals surface area contributed by atoms with Crippen molar-refractivity contribution in [3.63, 3.8) is 0 Å². The number of carbonyl (C=O) groups is 4. The SMILES string of the molecule is C=C/C=C(\C)[C@H](O)CC[C@@H](C)/C=C/[C@H]1CC[C@H](C)C(=O)CC(=O)N[C@@H](C)CCC(=O)[C@H](C)[C@@H](O)[C@@H](C)/C=C(/C)C(=O)O1. The number of allylic oxidation sites excluding steroid dienone is 3. The van der Waals surface area contributed by atoms with Crippen molar-refractivity contribution in [1.82, 2.24) is 5.32 Å². The highest BCUT2D eigenvalue weighted by molar-refractivity contribution is 5.99. The second kappa shape index (κ2) is 18.6.